The predicted molar refractivity (Wildman–Crippen MR) is 63.5 cm³/mol. The SMILES string of the molecule is O=C1OCCC(CO)N1c1ccccc1Br. The lowest BCUT2D eigenvalue weighted by molar-refractivity contribution is 0.115. The van der Waals surface area contributed by atoms with E-state index in [-0.39, 0.29) is 12.6 Å². The molecule has 0 radical (unpaired) electrons. The first kappa shape index (κ1) is 11.4. The van der Waals surface area contributed by atoms with Crippen molar-refractivity contribution in [3.05, 3.63) is 28.7 Å². The topological polar surface area (TPSA) is 49.8 Å². The van der Waals surface area contributed by atoms with Gasteiger partial charge >= 0.3 is 6.09 Å². The first-order valence-electron chi connectivity index (χ1n) is 5.05. The summed E-state index contributed by atoms with van der Waals surface area (Å²) in [6.45, 7) is 0.307. The molecule has 1 aromatic rings. The fourth-order valence-corrected chi connectivity index (χ4v) is 2.22. The van der Waals surface area contributed by atoms with Gasteiger partial charge in [-0.2, -0.15) is 0 Å². The Balaban J connectivity index is 2.36. The average molecular weight is 286 g/mol. The molecule has 1 atom stereocenters. The van der Waals surface area contributed by atoms with Crippen LogP contribution in [0.5, 0.6) is 0 Å². The number of carbonyl (C=O) groups excluding carboxylic acids is 1. The molecule has 1 heterocycles. The molecule has 1 aliphatic rings. The zero-order valence-electron chi connectivity index (χ0n) is 8.60. The van der Waals surface area contributed by atoms with Gasteiger partial charge in [0.1, 0.15) is 0 Å². The lowest BCUT2D eigenvalue weighted by Gasteiger charge is -2.34. The van der Waals surface area contributed by atoms with Crippen LogP contribution in [-0.2, 0) is 4.74 Å². The second kappa shape index (κ2) is 4.84. The van der Waals surface area contributed by atoms with Crippen LogP contribution in [-0.4, -0.2) is 30.5 Å². The number of halogens is 1. The fraction of sp³-hybridized carbons (Fsp3) is 0.364. The zero-order valence-corrected chi connectivity index (χ0v) is 10.2. The number of hydrogen-bond acceptors (Lipinski definition) is 3. The van der Waals surface area contributed by atoms with Crippen molar-refractivity contribution in [1.82, 2.24) is 0 Å². The monoisotopic (exact) mass is 285 g/mol. The highest BCUT2D eigenvalue weighted by Crippen LogP contribution is 2.30. The van der Waals surface area contributed by atoms with Gasteiger partial charge in [-0.25, -0.2) is 4.79 Å². The van der Waals surface area contributed by atoms with Crippen LogP contribution in [0.1, 0.15) is 6.42 Å². The summed E-state index contributed by atoms with van der Waals surface area (Å²) in [4.78, 5) is 13.2. The third kappa shape index (κ3) is 2.05. The molecule has 2 rings (SSSR count). The van der Waals surface area contributed by atoms with Crippen molar-refractivity contribution in [3.63, 3.8) is 0 Å². The molecule has 4 nitrogen and oxygen atoms in total. The van der Waals surface area contributed by atoms with E-state index >= 15 is 0 Å². The molecule has 0 saturated carbocycles. The molecule has 0 aliphatic carbocycles. The molecule has 1 saturated heterocycles. The highest BCUT2D eigenvalue weighted by molar-refractivity contribution is 9.10. The third-order valence-electron chi connectivity index (χ3n) is 2.56. The summed E-state index contributed by atoms with van der Waals surface area (Å²) in [5.41, 5.74) is 0.728. The number of para-hydroxylation sites is 1. The van der Waals surface area contributed by atoms with Gasteiger partial charge in [-0.15, -0.1) is 0 Å². The number of aliphatic hydroxyl groups excluding tert-OH is 1. The van der Waals surface area contributed by atoms with Gasteiger partial charge in [0.2, 0.25) is 0 Å². The second-order valence-electron chi connectivity index (χ2n) is 3.56. The van der Waals surface area contributed by atoms with Crippen molar-refractivity contribution >= 4 is 27.7 Å². The standard InChI is InChI=1S/C11H12BrNO3/c12-9-3-1-2-4-10(9)13-8(7-14)5-6-16-11(13)15/h1-4,8,14H,5-7H2. The molecule has 0 spiro atoms. The van der Waals surface area contributed by atoms with Crippen LogP contribution in [0.4, 0.5) is 10.5 Å². The maximum absolute atomic E-state index is 11.7. The molecule has 1 aromatic carbocycles. The van der Waals surface area contributed by atoms with Crippen LogP contribution in [0.3, 0.4) is 0 Å². The maximum atomic E-state index is 11.7. The van der Waals surface area contributed by atoms with E-state index in [1.807, 2.05) is 24.3 Å². The molecule has 1 unspecified atom stereocenters. The third-order valence-corrected chi connectivity index (χ3v) is 3.23. The molecule has 1 aliphatic heterocycles. The normalized spacial score (nSPS) is 20.8. The predicted octanol–water partition coefficient (Wildman–Crippen LogP) is 2.16. The average Bonchev–Trinajstić information content (AvgIpc) is 2.30. The highest BCUT2D eigenvalue weighted by Gasteiger charge is 2.31. The van der Waals surface area contributed by atoms with Crippen LogP contribution < -0.4 is 4.90 Å². The van der Waals surface area contributed by atoms with Gasteiger partial charge < -0.3 is 9.84 Å². The molecular formula is C11H12BrNO3. The van der Waals surface area contributed by atoms with E-state index < -0.39 is 6.09 Å². The van der Waals surface area contributed by atoms with Crippen molar-refractivity contribution in [2.75, 3.05) is 18.1 Å². The number of aliphatic hydroxyl groups is 1. The molecule has 0 aromatic heterocycles. The molecule has 1 amide bonds. The van der Waals surface area contributed by atoms with Gasteiger partial charge in [0.05, 0.1) is 24.9 Å². The first-order valence-corrected chi connectivity index (χ1v) is 5.84. The number of ether oxygens (including phenoxy) is 1. The minimum atomic E-state index is -0.405. The Kier molecular flexibility index (Phi) is 3.46. The summed E-state index contributed by atoms with van der Waals surface area (Å²) in [7, 11) is 0. The Morgan fingerprint density at radius 2 is 2.25 bits per heavy atom. The number of carbonyl (C=O) groups is 1. The molecule has 86 valence electrons. The smallest absolute Gasteiger partial charge is 0.414 e. The fourth-order valence-electron chi connectivity index (χ4n) is 1.75. The van der Waals surface area contributed by atoms with E-state index in [4.69, 9.17) is 4.74 Å². The Labute approximate surface area is 102 Å². The van der Waals surface area contributed by atoms with E-state index in [9.17, 15) is 9.90 Å². The van der Waals surface area contributed by atoms with E-state index in [0.717, 1.165) is 10.2 Å². The molecular weight excluding hydrogens is 274 g/mol. The number of cyclic esters (lactones) is 1. The van der Waals surface area contributed by atoms with Crippen molar-refractivity contribution in [2.24, 2.45) is 0 Å². The van der Waals surface area contributed by atoms with Crippen molar-refractivity contribution in [3.8, 4) is 0 Å². The number of amides is 1. The number of nitrogens with zero attached hydrogens (tertiary/aromatic N) is 1. The minimum absolute atomic E-state index is 0.0591. The van der Waals surface area contributed by atoms with E-state index in [1.165, 1.54) is 4.90 Å². The highest BCUT2D eigenvalue weighted by atomic mass is 79.9. The Bertz CT molecular complexity index is 397. The second-order valence-corrected chi connectivity index (χ2v) is 4.42. The Morgan fingerprint density at radius 1 is 1.50 bits per heavy atom. The van der Waals surface area contributed by atoms with E-state index in [2.05, 4.69) is 15.9 Å². The Hall–Kier alpha value is -1.07. The zero-order chi connectivity index (χ0) is 11.5. The van der Waals surface area contributed by atoms with Gasteiger partial charge in [-0.05, 0) is 28.1 Å². The van der Waals surface area contributed by atoms with Gasteiger partial charge in [0, 0.05) is 10.9 Å². The molecule has 1 N–H and O–H groups in total. The van der Waals surface area contributed by atoms with Crippen LogP contribution >= 0.6 is 15.9 Å². The quantitative estimate of drug-likeness (QED) is 0.906. The number of rotatable bonds is 2. The van der Waals surface area contributed by atoms with Crippen molar-refractivity contribution in [1.29, 1.82) is 0 Å². The Morgan fingerprint density at radius 3 is 2.94 bits per heavy atom. The number of anilines is 1. The van der Waals surface area contributed by atoms with Crippen LogP contribution in [0.15, 0.2) is 28.7 Å². The number of hydrogen-bond donors (Lipinski definition) is 1. The van der Waals surface area contributed by atoms with Gasteiger partial charge in [0.15, 0.2) is 0 Å². The number of benzene rings is 1. The summed E-state index contributed by atoms with van der Waals surface area (Å²) in [5, 5.41) is 9.27. The molecule has 5 heteroatoms. The van der Waals surface area contributed by atoms with Crippen LogP contribution in [0, 0.1) is 0 Å². The maximum Gasteiger partial charge on any atom is 0.414 e. The van der Waals surface area contributed by atoms with Gasteiger partial charge in [-0.1, -0.05) is 12.1 Å². The van der Waals surface area contributed by atoms with E-state index in [1.54, 1.807) is 0 Å². The molecule has 16 heavy (non-hydrogen) atoms. The summed E-state index contributed by atoms with van der Waals surface area (Å²) in [6, 6.07) is 7.18. The summed E-state index contributed by atoms with van der Waals surface area (Å²) in [5.74, 6) is 0. The summed E-state index contributed by atoms with van der Waals surface area (Å²) in [6.07, 6.45) is 0.237. The lowest BCUT2D eigenvalue weighted by Crippen LogP contribution is -2.47. The minimum Gasteiger partial charge on any atom is -0.449 e. The largest absolute Gasteiger partial charge is 0.449 e. The summed E-state index contributed by atoms with van der Waals surface area (Å²) >= 11 is 3.38. The van der Waals surface area contributed by atoms with Crippen LogP contribution in [0.25, 0.3) is 0 Å². The van der Waals surface area contributed by atoms with Gasteiger partial charge in [0.25, 0.3) is 0 Å². The van der Waals surface area contributed by atoms with Crippen molar-refractivity contribution < 1.29 is 14.6 Å². The molecule has 0 bridgehead atoms. The van der Waals surface area contributed by atoms with Crippen molar-refractivity contribution in [2.45, 2.75) is 12.5 Å². The first-order chi connectivity index (χ1) is 7.74. The molecule has 1 fully saturated rings. The van der Waals surface area contributed by atoms with E-state index in [0.29, 0.717) is 13.0 Å². The summed E-state index contributed by atoms with van der Waals surface area (Å²) < 4.78 is 5.80. The van der Waals surface area contributed by atoms with Crippen LogP contribution in [0.2, 0.25) is 0 Å². The van der Waals surface area contributed by atoms with Gasteiger partial charge in [-0.3, -0.25) is 4.90 Å². The lowest BCUT2D eigenvalue weighted by atomic mass is 10.1.